The number of carbonyl (C=O) groups is 2. The van der Waals surface area contributed by atoms with Gasteiger partial charge in [0.2, 0.25) is 5.91 Å². The molecule has 1 fully saturated rings. The van der Waals surface area contributed by atoms with Crippen LogP contribution in [0.25, 0.3) is 11.0 Å². The summed E-state index contributed by atoms with van der Waals surface area (Å²) in [7, 11) is 1.82. The van der Waals surface area contributed by atoms with E-state index < -0.39 is 23.6 Å². The van der Waals surface area contributed by atoms with Gasteiger partial charge in [-0.1, -0.05) is 12.1 Å². The molecular weight excluding hydrogens is 310 g/mol. The molecule has 8 heteroatoms. The van der Waals surface area contributed by atoms with Crippen LogP contribution >= 0.6 is 0 Å². The van der Waals surface area contributed by atoms with Crippen molar-refractivity contribution in [3.8, 4) is 6.07 Å². The molecule has 0 radical (unpaired) electrons. The Hall–Kier alpha value is -3.08. The first-order valence-electron chi connectivity index (χ1n) is 7.57. The Morgan fingerprint density at radius 2 is 2.17 bits per heavy atom. The molecule has 1 heterocycles. The van der Waals surface area contributed by atoms with Crippen molar-refractivity contribution >= 4 is 23.0 Å². The zero-order valence-electron chi connectivity index (χ0n) is 13.1. The number of benzene rings is 1. The molecule has 1 aromatic carbocycles. The standard InChI is InChI=1S/C16H17N5O3/c1-21-12-5-3-2-4-10(12)18-13(21)8-11(19-15(23)24)14(22)20-16(9-17)6-7-16/h2-5,11,19H,6-8H2,1H3,(H,20,22)(H,23,24)/t11-/m0/s1. The van der Waals surface area contributed by atoms with Gasteiger partial charge < -0.3 is 20.3 Å². The highest BCUT2D eigenvalue weighted by atomic mass is 16.4. The van der Waals surface area contributed by atoms with E-state index in [9.17, 15) is 9.59 Å². The minimum Gasteiger partial charge on any atom is -0.465 e. The van der Waals surface area contributed by atoms with Crippen LogP contribution in [0.5, 0.6) is 0 Å². The molecule has 1 aromatic heterocycles. The number of fused-ring (bicyclic) bond motifs is 1. The Bertz CT molecular complexity index is 847. The summed E-state index contributed by atoms with van der Waals surface area (Å²) >= 11 is 0. The average Bonchev–Trinajstić information content (AvgIpc) is 3.26. The average molecular weight is 327 g/mol. The maximum absolute atomic E-state index is 12.4. The molecule has 1 aliphatic carbocycles. The number of aromatic nitrogens is 2. The molecule has 2 amide bonds. The molecule has 0 spiro atoms. The van der Waals surface area contributed by atoms with E-state index in [-0.39, 0.29) is 6.42 Å². The molecule has 1 atom stereocenters. The number of amides is 2. The topological polar surface area (TPSA) is 120 Å². The lowest BCUT2D eigenvalue weighted by atomic mass is 10.1. The van der Waals surface area contributed by atoms with Gasteiger partial charge in [0.1, 0.15) is 17.4 Å². The molecule has 3 rings (SSSR count). The molecule has 24 heavy (non-hydrogen) atoms. The number of rotatable bonds is 5. The van der Waals surface area contributed by atoms with Gasteiger partial charge in [0.05, 0.1) is 17.1 Å². The number of nitrogens with one attached hydrogen (secondary N) is 2. The molecule has 0 saturated heterocycles. The molecule has 0 bridgehead atoms. The van der Waals surface area contributed by atoms with Gasteiger partial charge in [-0.2, -0.15) is 5.26 Å². The summed E-state index contributed by atoms with van der Waals surface area (Å²) in [6.45, 7) is 0. The SMILES string of the molecule is Cn1c(C[C@H](NC(=O)O)C(=O)NC2(C#N)CC2)nc2ccccc21. The molecule has 124 valence electrons. The molecule has 0 unspecified atom stereocenters. The second-order valence-corrected chi connectivity index (χ2v) is 5.97. The van der Waals surface area contributed by atoms with Crippen LogP contribution < -0.4 is 10.6 Å². The minimum absolute atomic E-state index is 0.102. The van der Waals surface area contributed by atoms with Gasteiger partial charge in [-0.15, -0.1) is 0 Å². The van der Waals surface area contributed by atoms with Crippen LogP contribution in [0.3, 0.4) is 0 Å². The van der Waals surface area contributed by atoms with Gasteiger partial charge in [0.25, 0.3) is 0 Å². The number of hydrogen-bond donors (Lipinski definition) is 3. The van der Waals surface area contributed by atoms with Crippen LogP contribution in [0, 0.1) is 11.3 Å². The third kappa shape index (κ3) is 3.01. The van der Waals surface area contributed by atoms with E-state index in [1.54, 1.807) is 0 Å². The van der Waals surface area contributed by atoms with Crippen LogP contribution in [0.15, 0.2) is 24.3 Å². The van der Waals surface area contributed by atoms with E-state index in [0.29, 0.717) is 18.7 Å². The van der Waals surface area contributed by atoms with E-state index >= 15 is 0 Å². The van der Waals surface area contributed by atoms with Gasteiger partial charge in [-0.05, 0) is 25.0 Å². The first-order chi connectivity index (χ1) is 11.4. The van der Waals surface area contributed by atoms with Gasteiger partial charge in [-0.25, -0.2) is 9.78 Å². The zero-order chi connectivity index (χ0) is 17.3. The molecular formula is C16H17N5O3. The maximum Gasteiger partial charge on any atom is 0.405 e. The summed E-state index contributed by atoms with van der Waals surface area (Å²) < 4.78 is 1.83. The fraction of sp³-hybridized carbons (Fsp3) is 0.375. The third-order valence-electron chi connectivity index (χ3n) is 4.21. The summed E-state index contributed by atoms with van der Waals surface area (Å²) in [4.78, 5) is 27.9. The second kappa shape index (κ2) is 5.85. The first-order valence-corrected chi connectivity index (χ1v) is 7.57. The lowest BCUT2D eigenvalue weighted by Crippen LogP contribution is -2.51. The number of nitriles is 1. The number of aryl methyl sites for hydroxylation is 1. The first kappa shape index (κ1) is 15.8. The molecule has 1 aliphatic rings. The molecule has 0 aliphatic heterocycles. The Morgan fingerprint density at radius 1 is 1.46 bits per heavy atom. The molecule has 1 saturated carbocycles. The summed E-state index contributed by atoms with van der Waals surface area (Å²) in [6, 6.07) is 8.56. The Balaban J connectivity index is 1.83. The monoisotopic (exact) mass is 327 g/mol. The number of hydrogen-bond acceptors (Lipinski definition) is 4. The Kier molecular flexibility index (Phi) is 3.85. The van der Waals surface area contributed by atoms with E-state index in [4.69, 9.17) is 10.4 Å². The van der Waals surface area contributed by atoms with E-state index in [1.165, 1.54) is 0 Å². The van der Waals surface area contributed by atoms with Crippen molar-refractivity contribution < 1.29 is 14.7 Å². The van der Waals surface area contributed by atoms with Crippen molar-refractivity contribution in [1.82, 2.24) is 20.2 Å². The highest BCUT2D eigenvalue weighted by Gasteiger charge is 2.45. The highest BCUT2D eigenvalue weighted by Crippen LogP contribution is 2.34. The lowest BCUT2D eigenvalue weighted by molar-refractivity contribution is -0.123. The van der Waals surface area contributed by atoms with Crippen molar-refractivity contribution in [2.75, 3.05) is 0 Å². The van der Waals surface area contributed by atoms with Crippen molar-refractivity contribution in [3.63, 3.8) is 0 Å². The molecule has 2 aromatic rings. The van der Waals surface area contributed by atoms with Crippen LogP contribution in [-0.4, -0.2) is 38.2 Å². The minimum atomic E-state index is -1.30. The molecule has 8 nitrogen and oxygen atoms in total. The van der Waals surface area contributed by atoms with E-state index in [2.05, 4.69) is 21.7 Å². The van der Waals surface area contributed by atoms with Crippen LogP contribution in [0.2, 0.25) is 0 Å². The normalized spacial score (nSPS) is 16.2. The maximum atomic E-state index is 12.4. The largest absolute Gasteiger partial charge is 0.465 e. The fourth-order valence-electron chi connectivity index (χ4n) is 2.63. The third-order valence-corrected chi connectivity index (χ3v) is 4.21. The van der Waals surface area contributed by atoms with Crippen molar-refractivity contribution in [3.05, 3.63) is 30.1 Å². The predicted molar refractivity (Wildman–Crippen MR) is 85.1 cm³/mol. The fourth-order valence-corrected chi connectivity index (χ4v) is 2.63. The highest BCUT2D eigenvalue weighted by molar-refractivity contribution is 5.87. The van der Waals surface area contributed by atoms with Gasteiger partial charge in [-0.3, -0.25) is 4.79 Å². The summed E-state index contributed by atoms with van der Waals surface area (Å²) in [5.74, 6) is 0.0791. The van der Waals surface area contributed by atoms with Crippen LogP contribution in [0.1, 0.15) is 18.7 Å². The van der Waals surface area contributed by atoms with Crippen LogP contribution in [-0.2, 0) is 18.3 Å². The van der Waals surface area contributed by atoms with Crippen molar-refractivity contribution in [2.24, 2.45) is 7.05 Å². The van der Waals surface area contributed by atoms with Crippen LogP contribution in [0.4, 0.5) is 4.79 Å². The van der Waals surface area contributed by atoms with Gasteiger partial charge in [0.15, 0.2) is 0 Å². The quantitative estimate of drug-likeness (QED) is 0.754. The lowest BCUT2D eigenvalue weighted by Gasteiger charge is -2.18. The van der Waals surface area contributed by atoms with Gasteiger partial charge in [0, 0.05) is 13.5 Å². The van der Waals surface area contributed by atoms with Gasteiger partial charge >= 0.3 is 6.09 Å². The summed E-state index contributed by atoms with van der Waals surface area (Å²) in [5, 5.41) is 22.9. The van der Waals surface area contributed by atoms with Crippen molar-refractivity contribution in [2.45, 2.75) is 30.8 Å². The van der Waals surface area contributed by atoms with E-state index in [1.807, 2.05) is 35.9 Å². The number of para-hydroxylation sites is 2. The number of nitrogens with zero attached hydrogens (tertiary/aromatic N) is 3. The Morgan fingerprint density at radius 3 is 2.75 bits per heavy atom. The smallest absolute Gasteiger partial charge is 0.405 e. The van der Waals surface area contributed by atoms with E-state index in [0.717, 1.165) is 11.0 Å². The summed E-state index contributed by atoms with van der Waals surface area (Å²) in [5.41, 5.74) is 0.833. The summed E-state index contributed by atoms with van der Waals surface area (Å²) in [6.07, 6.45) is -0.0243. The number of carboxylic acid groups (broad SMARTS) is 1. The zero-order valence-corrected chi connectivity index (χ0v) is 13.1. The predicted octanol–water partition coefficient (Wildman–Crippen LogP) is 0.924. The van der Waals surface area contributed by atoms with Crippen molar-refractivity contribution in [1.29, 1.82) is 5.26 Å². The second-order valence-electron chi connectivity index (χ2n) is 5.97. The molecule has 3 N–H and O–H groups in total. The Labute approximate surface area is 138 Å². The number of carbonyl (C=O) groups excluding carboxylic acids is 1. The number of imidazole rings is 1.